The molecule has 5 aromatic rings. The van der Waals surface area contributed by atoms with Gasteiger partial charge in [0.2, 0.25) is 0 Å². The van der Waals surface area contributed by atoms with E-state index in [9.17, 15) is 10.1 Å². The third-order valence-electron chi connectivity index (χ3n) is 7.51. The monoisotopic (exact) mass is 511 g/mol. The maximum atomic E-state index is 12.7. The number of piperidine rings is 1. The molecule has 0 radical (unpaired) electrons. The van der Waals surface area contributed by atoms with E-state index in [0.29, 0.717) is 5.56 Å². The van der Waals surface area contributed by atoms with Gasteiger partial charge in [-0.1, -0.05) is 84.9 Å². The molecule has 0 saturated carbocycles. The summed E-state index contributed by atoms with van der Waals surface area (Å²) in [6, 6.07) is 33.0. The molecule has 2 aromatic heterocycles. The number of nitriles is 1. The van der Waals surface area contributed by atoms with E-state index >= 15 is 0 Å². The second-order valence-corrected chi connectivity index (χ2v) is 10.0. The normalized spacial score (nSPS) is 14.2. The van der Waals surface area contributed by atoms with Crippen molar-refractivity contribution >= 4 is 0 Å². The largest absolute Gasteiger partial charge is 0.326 e. The van der Waals surface area contributed by atoms with Crippen LogP contribution in [0.15, 0.2) is 108 Å². The third kappa shape index (κ3) is 5.31. The molecule has 1 saturated heterocycles. The van der Waals surface area contributed by atoms with Crippen LogP contribution >= 0.6 is 0 Å². The number of hydrogen-bond donors (Lipinski definition) is 1. The van der Waals surface area contributed by atoms with Gasteiger partial charge < -0.3 is 4.98 Å². The molecule has 0 unspecified atom stereocenters. The van der Waals surface area contributed by atoms with Crippen molar-refractivity contribution in [3.8, 4) is 39.7 Å². The number of benzene rings is 3. The summed E-state index contributed by atoms with van der Waals surface area (Å²) in [5.74, 6) is 0. The summed E-state index contributed by atoms with van der Waals surface area (Å²) in [6.07, 6.45) is 5.50. The Morgan fingerprint density at radius 3 is 2.21 bits per heavy atom. The molecule has 39 heavy (non-hydrogen) atoms. The quantitative estimate of drug-likeness (QED) is 0.291. The van der Waals surface area contributed by atoms with Crippen LogP contribution < -0.4 is 5.69 Å². The Bertz CT molecular complexity index is 1660. The fourth-order valence-electron chi connectivity index (χ4n) is 5.42. The van der Waals surface area contributed by atoms with E-state index in [0.717, 1.165) is 66.1 Å². The van der Waals surface area contributed by atoms with Gasteiger partial charge in [0, 0.05) is 49.2 Å². The first-order valence-corrected chi connectivity index (χ1v) is 13.3. The zero-order valence-electron chi connectivity index (χ0n) is 21.6. The Balaban J connectivity index is 1.12. The number of pyridine rings is 1. The number of H-pyrrole nitrogens is 1. The fraction of sp³-hybridized carbons (Fsp3) is 0.182. The highest BCUT2D eigenvalue weighted by Gasteiger charge is 2.22. The molecule has 0 amide bonds. The van der Waals surface area contributed by atoms with E-state index < -0.39 is 0 Å². The van der Waals surface area contributed by atoms with E-state index in [-0.39, 0.29) is 11.7 Å². The molecular formula is C33H29N5O. The maximum absolute atomic E-state index is 12.7. The lowest BCUT2D eigenvalue weighted by Crippen LogP contribution is -2.36. The van der Waals surface area contributed by atoms with Gasteiger partial charge in [-0.25, -0.2) is 4.79 Å². The molecule has 1 fully saturated rings. The Kier molecular flexibility index (Phi) is 6.90. The fourth-order valence-corrected chi connectivity index (χ4v) is 5.42. The van der Waals surface area contributed by atoms with E-state index in [2.05, 4.69) is 45.2 Å². The number of hydrogen-bond acceptors (Lipinski definition) is 4. The van der Waals surface area contributed by atoms with Gasteiger partial charge in [0.05, 0.1) is 17.0 Å². The molecule has 192 valence electrons. The van der Waals surface area contributed by atoms with Crippen molar-refractivity contribution in [2.75, 3.05) is 13.1 Å². The van der Waals surface area contributed by atoms with Gasteiger partial charge in [0.1, 0.15) is 6.07 Å². The first-order chi connectivity index (χ1) is 19.2. The van der Waals surface area contributed by atoms with Crippen molar-refractivity contribution in [1.29, 1.82) is 5.26 Å². The van der Waals surface area contributed by atoms with Crippen molar-refractivity contribution in [3.63, 3.8) is 0 Å². The zero-order chi connectivity index (χ0) is 26.6. The summed E-state index contributed by atoms with van der Waals surface area (Å²) in [5, 5.41) is 9.39. The topological polar surface area (TPSA) is 77.7 Å². The van der Waals surface area contributed by atoms with Crippen LogP contribution in [0.25, 0.3) is 33.6 Å². The van der Waals surface area contributed by atoms with Gasteiger partial charge in [-0.05, 0) is 35.6 Å². The molecule has 1 N–H and O–H groups in total. The predicted octanol–water partition coefficient (Wildman–Crippen LogP) is 6.28. The molecule has 0 aliphatic carbocycles. The average Bonchev–Trinajstić information content (AvgIpc) is 3.40. The summed E-state index contributed by atoms with van der Waals surface area (Å²) in [7, 11) is 0. The summed E-state index contributed by atoms with van der Waals surface area (Å²) < 4.78 is 1.88. The van der Waals surface area contributed by atoms with Gasteiger partial charge in [0.25, 0.3) is 0 Å². The lowest BCUT2D eigenvalue weighted by Gasteiger charge is -2.32. The number of aromatic amines is 1. The highest BCUT2D eigenvalue weighted by molar-refractivity contribution is 5.81. The van der Waals surface area contributed by atoms with Gasteiger partial charge in [0.15, 0.2) is 0 Å². The van der Waals surface area contributed by atoms with E-state index in [1.807, 2.05) is 77.5 Å². The van der Waals surface area contributed by atoms with Crippen molar-refractivity contribution in [2.24, 2.45) is 0 Å². The number of nitrogens with zero attached hydrogens (tertiary/aromatic N) is 4. The number of likely N-dealkylation sites (tertiary alicyclic amines) is 1. The molecule has 6 nitrogen and oxygen atoms in total. The number of imidazole rings is 1. The van der Waals surface area contributed by atoms with E-state index in [1.165, 1.54) is 5.56 Å². The number of aromatic nitrogens is 3. The predicted molar refractivity (Wildman–Crippen MR) is 154 cm³/mol. The summed E-state index contributed by atoms with van der Waals surface area (Å²) >= 11 is 0. The highest BCUT2D eigenvalue weighted by Crippen LogP contribution is 2.31. The number of rotatable bonds is 6. The molecular weight excluding hydrogens is 482 g/mol. The Labute approximate surface area is 227 Å². The second kappa shape index (κ2) is 10.9. The minimum absolute atomic E-state index is 0.0332. The van der Waals surface area contributed by atoms with Gasteiger partial charge in [-0.2, -0.15) is 5.26 Å². The third-order valence-corrected chi connectivity index (χ3v) is 7.51. The maximum Gasteiger partial charge on any atom is 0.326 e. The molecule has 1 aliphatic rings. The van der Waals surface area contributed by atoms with Crippen LogP contribution in [0.5, 0.6) is 0 Å². The van der Waals surface area contributed by atoms with Crippen molar-refractivity contribution in [2.45, 2.75) is 25.4 Å². The molecule has 0 atom stereocenters. The molecule has 3 heterocycles. The minimum Gasteiger partial charge on any atom is -0.306 e. The SMILES string of the molecule is N#Cc1cnc(-c2ccc(CN3CCC(n4cc(-c5ccccc5)[nH]c4=O)CC3)cc2)c(-c2ccccc2)c1. The van der Waals surface area contributed by atoms with Crippen LogP contribution in [0, 0.1) is 11.3 Å². The second-order valence-electron chi connectivity index (χ2n) is 10.0. The van der Waals surface area contributed by atoms with Crippen LogP contribution in [0.3, 0.4) is 0 Å². The standard InChI is InChI=1S/C33H29N5O/c34-20-25-19-30(26-7-3-1-4-8-26)32(35-21-25)28-13-11-24(12-14-28)22-37-17-15-29(16-18-37)38-23-31(36-33(38)39)27-9-5-2-6-10-27/h1-14,19,21,23,29H,15-18,22H2,(H,36,39). The molecule has 1 aliphatic heterocycles. The molecule has 3 aromatic carbocycles. The lowest BCUT2D eigenvalue weighted by atomic mass is 9.97. The Morgan fingerprint density at radius 1 is 0.872 bits per heavy atom. The summed E-state index contributed by atoms with van der Waals surface area (Å²) in [6.45, 7) is 2.76. The van der Waals surface area contributed by atoms with Crippen molar-refractivity contribution in [1.82, 2.24) is 19.4 Å². The zero-order valence-corrected chi connectivity index (χ0v) is 21.6. The minimum atomic E-state index is -0.0332. The summed E-state index contributed by atoms with van der Waals surface area (Å²) in [4.78, 5) is 22.8. The first-order valence-electron chi connectivity index (χ1n) is 13.3. The van der Waals surface area contributed by atoms with E-state index in [1.54, 1.807) is 6.20 Å². The van der Waals surface area contributed by atoms with Crippen LogP contribution in [0.4, 0.5) is 0 Å². The van der Waals surface area contributed by atoms with Crippen LogP contribution in [0.1, 0.15) is 30.0 Å². The van der Waals surface area contributed by atoms with Crippen molar-refractivity contribution in [3.05, 3.63) is 125 Å². The lowest BCUT2D eigenvalue weighted by molar-refractivity contribution is 0.178. The smallest absolute Gasteiger partial charge is 0.306 e. The Morgan fingerprint density at radius 2 is 1.54 bits per heavy atom. The van der Waals surface area contributed by atoms with Crippen LogP contribution in [-0.2, 0) is 6.54 Å². The van der Waals surface area contributed by atoms with Crippen LogP contribution in [0.2, 0.25) is 0 Å². The molecule has 0 spiro atoms. The van der Waals surface area contributed by atoms with Gasteiger partial charge in [-0.15, -0.1) is 0 Å². The average molecular weight is 512 g/mol. The first kappa shape index (κ1) is 24.6. The van der Waals surface area contributed by atoms with Crippen LogP contribution in [-0.4, -0.2) is 32.5 Å². The number of nitrogens with one attached hydrogen (secondary N) is 1. The van der Waals surface area contributed by atoms with Gasteiger partial charge in [-0.3, -0.25) is 14.5 Å². The van der Waals surface area contributed by atoms with Gasteiger partial charge >= 0.3 is 5.69 Å². The van der Waals surface area contributed by atoms with E-state index in [4.69, 9.17) is 0 Å². The molecule has 0 bridgehead atoms. The highest BCUT2D eigenvalue weighted by atomic mass is 16.1. The molecule has 6 heteroatoms. The summed E-state index contributed by atoms with van der Waals surface area (Å²) in [5.41, 5.74) is 7.57. The van der Waals surface area contributed by atoms with Crippen molar-refractivity contribution < 1.29 is 0 Å². The Hall–Kier alpha value is -4.73. The molecule has 6 rings (SSSR count).